The maximum atomic E-state index is 12.6. The Morgan fingerprint density at radius 2 is 1.67 bits per heavy atom. The molecule has 1 nitrogen and oxygen atoms in total. The molecular formula is C11H14F3N. The number of hydrogen-bond donors (Lipinski definition) is 1. The lowest BCUT2D eigenvalue weighted by atomic mass is 9.83. The fourth-order valence-corrected chi connectivity index (χ4v) is 1.30. The molecule has 0 aliphatic rings. The Kier molecular flexibility index (Phi) is 3.39. The van der Waals surface area contributed by atoms with Gasteiger partial charge in [-0.1, -0.05) is 19.1 Å². The zero-order valence-electron chi connectivity index (χ0n) is 8.68. The first-order valence-corrected chi connectivity index (χ1v) is 4.68. The Morgan fingerprint density at radius 3 is 2.07 bits per heavy atom. The standard InChI is InChI=1S/C11H14F3N/c1-7(11(2,15)10(13)14)8-3-5-9(12)6-4-8/h3-7,10H,15H2,1-2H3. The molecule has 0 aliphatic carbocycles. The molecule has 0 heterocycles. The summed E-state index contributed by atoms with van der Waals surface area (Å²) in [5.41, 5.74) is 4.54. The number of benzene rings is 1. The van der Waals surface area contributed by atoms with Crippen LogP contribution in [0.2, 0.25) is 0 Å². The van der Waals surface area contributed by atoms with Crippen molar-refractivity contribution in [2.24, 2.45) is 5.73 Å². The Bertz CT molecular complexity index is 319. The van der Waals surface area contributed by atoms with E-state index in [1.807, 2.05) is 0 Å². The number of hydrogen-bond acceptors (Lipinski definition) is 1. The molecule has 2 N–H and O–H groups in total. The van der Waals surface area contributed by atoms with E-state index in [4.69, 9.17) is 5.73 Å². The first kappa shape index (κ1) is 12.0. The van der Waals surface area contributed by atoms with E-state index in [1.165, 1.54) is 31.2 Å². The van der Waals surface area contributed by atoms with Gasteiger partial charge in [0.25, 0.3) is 6.43 Å². The second kappa shape index (κ2) is 4.23. The topological polar surface area (TPSA) is 26.0 Å². The second-order valence-corrected chi connectivity index (χ2v) is 3.94. The van der Waals surface area contributed by atoms with Crippen LogP contribution in [0.3, 0.4) is 0 Å². The Morgan fingerprint density at radius 1 is 1.20 bits per heavy atom. The highest BCUT2D eigenvalue weighted by Crippen LogP contribution is 2.30. The van der Waals surface area contributed by atoms with Crippen LogP contribution >= 0.6 is 0 Å². The molecule has 15 heavy (non-hydrogen) atoms. The number of nitrogens with two attached hydrogens (primary N) is 1. The van der Waals surface area contributed by atoms with E-state index >= 15 is 0 Å². The van der Waals surface area contributed by atoms with Crippen LogP contribution in [0.1, 0.15) is 25.3 Å². The van der Waals surface area contributed by atoms with Gasteiger partial charge in [0.15, 0.2) is 0 Å². The van der Waals surface area contributed by atoms with Crippen molar-refractivity contribution in [3.63, 3.8) is 0 Å². The average molecular weight is 217 g/mol. The third-order valence-corrected chi connectivity index (χ3v) is 2.77. The maximum Gasteiger partial charge on any atom is 0.256 e. The van der Waals surface area contributed by atoms with Gasteiger partial charge in [-0.15, -0.1) is 0 Å². The molecule has 1 aromatic rings. The van der Waals surface area contributed by atoms with E-state index in [9.17, 15) is 13.2 Å². The Labute approximate surface area is 87.1 Å². The smallest absolute Gasteiger partial charge is 0.256 e. The normalized spacial score (nSPS) is 17.5. The van der Waals surface area contributed by atoms with Crippen molar-refractivity contribution in [1.82, 2.24) is 0 Å². The molecule has 84 valence electrons. The molecule has 0 spiro atoms. The number of alkyl halides is 2. The van der Waals surface area contributed by atoms with Crippen LogP contribution in [0, 0.1) is 5.82 Å². The van der Waals surface area contributed by atoms with Crippen LogP contribution in [0.15, 0.2) is 24.3 Å². The fraction of sp³-hybridized carbons (Fsp3) is 0.455. The summed E-state index contributed by atoms with van der Waals surface area (Å²) in [6, 6.07) is 5.45. The summed E-state index contributed by atoms with van der Waals surface area (Å²) < 4.78 is 37.9. The minimum Gasteiger partial charge on any atom is -0.320 e. The summed E-state index contributed by atoms with van der Waals surface area (Å²) in [5.74, 6) is -0.917. The molecule has 4 heteroatoms. The lowest BCUT2D eigenvalue weighted by Gasteiger charge is -2.31. The molecule has 0 bridgehead atoms. The molecule has 0 radical (unpaired) electrons. The molecule has 0 fully saturated rings. The highest BCUT2D eigenvalue weighted by molar-refractivity contribution is 5.23. The zero-order valence-corrected chi connectivity index (χ0v) is 8.68. The van der Waals surface area contributed by atoms with Gasteiger partial charge < -0.3 is 5.73 Å². The molecule has 2 unspecified atom stereocenters. The SMILES string of the molecule is CC(c1ccc(F)cc1)C(C)(N)C(F)F. The fourth-order valence-electron chi connectivity index (χ4n) is 1.30. The lowest BCUT2D eigenvalue weighted by Crippen LogP contribution is -2.48. The molecule has 2 atom stereocenters. The van der Waals surface area contributed by atoms with E-state index in [1.54, 1.807) is 6.92 Å². The largest absolute Gasteiger partial charge is 0.320 e. The van der Waals surface area contributed by atoms with Crippen LogP contribution in [0.4, 0.5) is 13.2 Å². The minimum absolute atomic E-state index is 0.387. The van der Waals surface area contributed by atoms with Gasteiger partial charge in [0.1, 0.15) is 5.82 Å². The van der Waals surface area contributed by atoms with E-state index in [2.05, 4.69) is 0 Å². The second-order valence-electron chi connectivity index (χ2n) is 3.94. The summed E-state index contributed by atoms with van der Waals surface area (Å²) in [6.45, 7) is 2.91. The monoisotopic (exact) mass is 217 g/mol. The molecule has 0 aliphatic heterocycles. The number of rotatable bonds is 3. The first-order chi connectivity index (χ1) is 6.85. The van der Waals surface area contributed by atoms with Gasteiger partial charge in [-0.05, 0) is 24.6 Å². The molecule has 1 rings (SSSR count). The predicted molar refractivity (Wildman–Crippen MR) is 53.4 cm³/mol. The van der Waals surface area contributed by atoms with Crippen LogP contribution in [-0.2, 0) is 0 Å². The average Bonchev–Trinajstić information content (AvgIpc) is 2.17. The lowest BCUT2D eigenvalue weighted by molar-refractivity contribution is 0.0509. The van der Waals surface area contributed by atoms with Crippen LogP contribution in [0.25, 0.3) is 0 Å². The third-order valence-electron chi connectivity index (χ3n) is 2.77. The van der Waals surface area contributed by atoms with Gasteiger partial charge in [0, 0.05) is 5.92 Å². The zero-order chi connectivity index (χ0) is 11.6. The van der Waals surface area contributed by atoms with Gasteiger partial charge in [0.05, 0.1) is 5.54 Å². The third kappa shape index (κ3) is 2.50. The van der Waals surface area contributed by atoms with Crippen LogP contribution in [0.5, 0.6) is 0 Å². The maximum absolute atomic E-state index is 12.6. The Balaban J connectivity index is 2.94. The highest BCUT2D eigenvalue weighted by Gasteiger charge is 2.36. The molecule has 0 saturated carbocycles. The quantitative estimate of drug-likeness (QED) is 0.827. The molecule has 0 saturated heterocycles. The van der Waals surface area contributed by atoms with Crippen molar-refractivity contribution < 1.29 is 13.2 Å². The van der Waals surface area contributed by atoms with Gasteiger partial charge in [0.2, 0.25) is 0 Å². The van der Waals surface area contributed by atoms with Crippen molar-refractivity contribution in [3.8, 4) is 0 Å². The van der Waals surface area contributed by atoms with Crippen molar-refractivity contribution in [3.05, 3.63) is 35.6 Å². The van der Waals surface area contributed by atoms with Gasteiger partial charge in [-0.3, -0.25) is 0 Å². The van der Waals surface area contributed by atoms with Crippen molar-refractivity contribution >= 4 is 0 Å². The Hall–Kier alpha value is -1.03. The predicted octanol–water partition coefficient (Wildman–Crippen LogP) is 2.91. The molecule has 1 aromatic carbocycles. The van der Waals surface area contributed by atoms with E-state index in [-0.39, 0.29) is 5.82 Å². The summed E-state index contributed by atoms with van der Waals surface area (Å²) in [7, 11) is 0. The van der Waals surface area contributed by atoms with Gasteiger partial charge >= 0.3 is 0 Å². The van der Waals surface area contributed by atoms with E-state index < -0.39 is 17.9 Å². The van der Waals surface area contributed by atoms with Crippen LogP contribution < -0.4 is 5.73 Å². The number of halogens is 3. The first-order valence-electron chi connectivity index (χ1n) is 4.68. The highest BCUT2D eigenvalue weighted by atomic mass is 19.3. The van der Waals surface area contributed by atoms with E-state index in [0.717, 1.165) is 0 Å². The summed E-state index contributed by atoms with van der Waals surface area (Å²) in [5, 5.41) is 0. The molecule has 0 amide bonds. The van der Waals surface area contributed by atoms with Crippen molar-refractivity contribution in [2.45, 2.75) is 31.7 Å². The molecular weight excluding hydrogens is 203 g/mol. The summed E-state index contributed by atoms with van der Waals surface area (Å²) >= 11 is 0. The van der Waals surface area contributed by atoms with Crippen molar-refractivity contribution in [1.29, 1.82) is 0 Å². The minimum atomic E-state index is -2.61. The summed E-state index contributed by atoms with van der Waals surface area (Å²) in [6.07, 6.45) is -2.61. The summed E-state index contributed by atoms with van der Waals surface area (Å²) in [4.78, 5) is 0. The van der Waals surface area contributed by atoms with E-state index in [0.29, 0.717) is 5.56 Å². The van der Waals surface area contributed by atoms with Gasteiger partial charge in [-0.2, -0.15) is 0 Å². The van der Waals surface area contributed by atoms with Crippen molar-refractivity contribution in [2.75, 3.05) is 0 Å². The van der Waals surface area contributed by atoms with Gasteiger partial charge in [-0.25, -0.2) is 13.2 Å². The molecule has 0 aromatic heterocycles. The van der Waals surface area contributed by atoms with Crippen LogP contribution in [-0.4, -0.2) is 12.0 Å².